The quantitative estimate of drug-likeness (QED) is 0.624. The number of aromatic nitrogens is 2. The molecule has 2 aromatic heterocycles. The Kier molecular flexibility index (Phi) is 2.57. The van der Waals surface area contributed by atoms with Crippen molar-refractivity contribution in [2.45, 2.75) is 13.5 Å². The fourth-order valence-corrected chi connectivity index (χ4v) is 1.71. The maximum Gasteiger partial charge on any atom is 0.389 e. The van der Waals surface area contributed by atoms with Crippen LogP contribution in [0.15, 0.2) is 18.3 Å². The van der Waals surface area contributed by atoms with Gasteiger partial charge in [0.1, 0.15) is 5.52 Å². The highest BCUT2D eigenvalue weighted by Crippen LogP contribution is 2.21. The second-order valence-corrected chi connectivity index (χ2v) is 3.56. The van der Waals surface area contributed by atoms with Crippen LogP contribution in [0.5, 0.6) is 0 Å². The summed E-state index contributed by atoms with van der Waals surface area (Å²) in [6.07, 6.45) is 1.80. The molecule has 2 aromatic rings. The lowest BCUT2D eigenvalue weighted by molar-refractivity contribution is -0.387. The van der Waals surface area contributed by atoms with Gasteiger partial charge in [0, 0.05) is 19.7 Å². The van der Waals surface area contributed by atoms with E-state index < -0.39 is 4.92 Å². The lowest BCUT2D eigenvalue weighted by atomic mass is 10.2. The summed E-state index contributed by atoms with van der Waals surface area (Å²) < 4.78 is 1.72. The summed E-state index contributed by atoms with van der Waals surface area (Å²) in [6, 6.07) is 3.70. The first kappa shape index (κ1) is 10.6. The molecule has 2 heterocycles. The molecule has 0 unspecified atom stereocenters. The number of fused-ring (bicyclic) bond motifs is 1. The van der Waals surface area contributed by atoms with Gasteiger partial charge in [0.05, 0.1) is 0 Å². The van der Waals surface area contributed by atoms with E-state index in [1.807, 2.05) is 13.1 Å². The van der Waals surface area contributed by atoms with Crippen molar-refractivity contribution < 1.29 is 4.92 Å². The largest absolute Gasteiger partial charge is 0.389 e. The lowest BCUT2D eigenvalue weighted by Crippen LogP contribution is -2.05. The van der Waals surface area contributed by atoms with Crippen molar-refractivity contribution in [1.29, 1.82) is 0 Å². The van der Waals surface area contributed by atoms with Gasteiger partial charge in [-0.3, -0.25) is 4.40 Å². The molecule has 0 spiro atoms. The Morgan fingerprint density at radius 3 is 3.00 bits per heavy atom. The van der Waals surface area contributed by atoms with E-state index in [1.165, 1.54) is 0 Å². The third kappa shape index (κ3) is 1.63. The maximum absolute atomic E-state index is 10.8. The summed E-state index contributed by atoms with van der Waals surface area (Å²) in [5, 5.41) is 13.8. The smallest absolute Gasteiger partial charge is 0.358 e. The molecule has 0 aliphatic rings. The van der Waals surface area contributed by atoms with Crippen molar-refractivity contribution in [1.82, 2.24) is 14.7 Å². The van der Waals surface area contributed by atoms with E-state index in [4.69, 9.17) is 0 Å². The summed E-state index contributed by atoms with van der Waals surface area (Å²) in [7, 11) is 1.83. The van der Waals surface area contributed by atoms with E-state index in [-0.39, 0.29) is 5.82 Å². The average molecular weight is 220 g/mol. The molecule has 6 heteroatoms. The van der Waals surface area contributed by atoms with Crippen molar-refractivity contribution >= 4 is 11.3 Å². The van der Waals surface area contributed by atoms with Gasteiger partial charge in [0.25, 0.3) is 0 Å². The molecule has 16 heavy (non-hydrogen) atoms. The van der Waals surface area contributed by atoms with Crippen LogP contribution in [0.3, 0.4) is 0 Å². The van der Waals surface area contributed by atoms with Crippen LogP contribution < -0.4 is 5.32 Å². The first-order chi connectivity index (χ1) is 7.63. The highest BCUT2D eigenvalue weighted by atomic mass is 16.6. The molecule has 0 aliphatic heterocycles. The van der Waals surface area contributed by atoms with Crippen molar-refractivity contribution in [3.05, 3.63) is 39.8 Å². The summed E-state index contributed by atoms with van der Waals surface area (Å²) in [5.41, 5.74) is 1.54. The fraction of sp³-hybridized carbons (Fsp3) is 0.300. The van der Waals surface area contributed by atoms with Gasteiger partial charge in [-0.25, -0.2) is 0 Å². The molecule has 0 fully saturated rings. The zero-order valence-electron chi connectivity index (χ0n) is 9.10. The molecular formula is C10H12N4O2. The monoisotopic (exact) mass is 220 g/mol. The first-order valence-electron chi connectivity index (χ1n) is 4.90. The van der Waals surface area contributed by atoms with E-state index in [2.05, 4.69) is 10.3 Å². The van der Waals surface area contributed by atoms with Crippen LogP contribution in [-0.2, 0) is 6.54 Å². The minimum atomic E-state index is -0.453. The highest BCUT2D eigenvalue weighted by Gasteiger charge is 2.19. The second kappa shape index (κ2) is 3.90. The lowest BCUT2D eigenvalue weighted by Gasteiger charge is -2.00. The van der Waals surface area contributed by atoms with Gasteiger partial charge < -0.3 is 15.4 Å². The molecule has 0 saturated carbocycles. The Hall–Kier alpha value is -1.95. The minimum Gasteiger partial charge on any atom is -0.358 e. The maximum atomic E-state index is 10.8. The molecular weight excluding hydrogens is 208 g/mol. The van der Waals surface area contributed by atoms with Gasteiger partial charge in [-0.2, -0.15) is 0 Å². The summed E-state index contributed by atoms with van der Waals surface area (Å²) in [6.45, 7) is 2.43. The molecule has 1 N–H and O–H groups in total. The van der Waals surface area contributed by atoms with Gasteiger partial charge in [-0.15, -0.1) is 0 Å². The van der Waals surface area contributed by atoms with Crippen molar-refractivity contribution in [2.75, 3.05) is 7.05 Å². The third-order valence-electron chi connectivity index (χ3n) is 2.42. The summed E-state index contributed by atoms with van der Waals surface area (Å²) >= 11 is 0. The number of hydrogen-bond acceptors (Lipinski definition) is 4. The molecule has 0 bridgehead atoms. The topological polar surface area (TPSA) is 72.5 Å². The van der Waals surface area contributed by atoms with Crippen molar-refractivity contribution in [2.24, 2.45) is 0 Å². The molecule has 0 atom stereocenters. The Bertz CT molecular complexity index is 547. The molecule has 2 rings (SSSR count). The zero-order valence-corrected chi connectivity index (χ0v) is 9.10. The number of nitro groups is 1. The molecule has 0 aromatic carbocycles. The number of nitrogens with zero attached hydrogens (tertiary/aromatic N) is 3. The Morgan fingerprint density at radius 2 is 2.38 bits per heavy atom. The van der Waals surface area contributed by atoms with E-state index >= 15 is 0 Å². The molecule has 0 amide bonds. The van der Waals surface area contributed by atoms with Crippen LogP contribution in [0, 0.1) is 17.0 Å². The van der Waals surface area contributed by atoms with Crippen LogP contribution in [0.1, 0.15) is 11.4 Å². The Balaban J connectivity index is 2.64. The van der Waals surface area contributed by atoms with E-state index in [0.29, 0.717) is 17.9 Å². The molecule has 84 valence electrons. The average Bonchev–Trinajstić information content (AvgIpc) is 2.57. The van der Waals surface area contributed by atoms with Crippen LogP contribution in [-0.4, -0.2) is 21.4 Å². The number of imidazole rings is 1. The first-order valence-corrected chi connectivity index (χ1v) is 4.90. The third-order valence-corrected chi connectivity index (χ3v) is 2.42. The minimum absolute atomic E-state index is 0.0875. The van der Waals surface area contributed by atoms with Crippen molar-refractivity contribution in [3.63, 3.8) is 0 Å². The van der Waals surface area contributed by atoms with Crippen LogP contribution >= 0.6 is 0 Å². The molecule has 6 nitrogen and oxygen atoms in total. The summed E-state index contributed by atoms with van der Waals surface area (Å²) in [5.74, 6) is 0.535. The predicted octanol–water partition coefficient (Wildman–Crippen LogP) is 1.27. The van der Waals surface area contributed by atoms with Gasteiger partial charge in [0.15, 0.2) is 0 Å². The molecule has 0 saturated heterocycles. The van der Waals surface area contributed by atoms with Gasteiger partial charge in [-0.1, -0.05) is 0 Å². The number of hydrogen-bond donors (Lipinski definition) is 1. The SMILES string of the molecule is CNCc1ccn2c(C)nc([N+](=O)[O-])c2c1. The predicted molar refractivity (Wildman–Crippen MR) is 59.3 cm³/mol. The number of nitrogens with one attached hydrogen (secondary N) is 1. The van der Waals surface area contributed by atoms with Gasteiger partial charge in [-0.05, 0) is 34.7 Å². The molecule has 0 radical (unpaired) electrons. The molecule has 0 aliphatic carbocycles. The zero-order chi connectivity index (χ0) is 11.7. The Labute approximate surface area is 92.1 Å². The van der Waals surface area contributed by atoms with Gasteiger partial charge in [0.2, 0.25) is 5.82 Å². The van der Waals surface area contributed by atoms with Crippen LogP contribution in [0.25, 0.3) is 5.52 Å². The van der Waals surface area contributed by atoms with E-state index in [1.54, 1.807) is 23.6 Å². The van der Waals surface area contributed by atoms with E-state index in [9.17, 15) is 10.1 Å². The number of aryl methyl sites for hydroxylation is 1. The second-order valence-electron chi connectivity index (χ2n) is 3.56. The van der Waals surface area contributed by atoms with Crippen LogP contribution in [0.2, 0.25) is 0 Å². The highest BCUT2D eigenvalue weighted by molar-refractivity contribution is 5.63. The number of pyridine rings is 1. The normalized spacial score (nSPS) is 10.9. The van der Waals surface area contributed by atoms with Gasteiger partial charge >= 0.3 is 5.82 Å². The van der Waals surface area contributed by atoms with Crippen LogP contribution in [0.4, 0.5) is 5.82 Å². The fourth-order valence-electron chi connectivity index (χ4n) is 1.71. The van der Waals surface area contributed by atoms with E-state index in [0.717, 1.165) is 5.56 Å². The standard InChI is InChI=1S/C10H12N4O2/c1-7-12-10(14(15)16)9-5-8(6-11-2)3-4-13(7)9/h3-5,11H,6H2,1-2H3. The summed E-state index contributed by atoms with van der Waals surface area (Å²) in [4.78, 5) is 14.3. The number of rotatable bonds is 3. The van der Waals surface area contributed by atoms with Crippen molar-refractivity contribution in [3.8, 4) is 0 Å². The Morgan fingerprint density at radius 1 is 1.62 bits per heavy atom.